The maximum absolute atomic E-state index is 5.47. The first-order valence-corrected chi connectivity index (χ1v) is 9.50. The third-order valence-electron chi connectivity index (χ3n) is 4.36. The first-order valence-electron chi connectivity index (χ1n) is 8.52. The molecule has 136 valence electrons. The van der Waals surface area contributed by atoms with Crippen molar-refractivity contribution in [1.82, 2.24) is 19.5 Å². The van der Waals surface area contributed by atoms with E-state index >= 15 is 0 Å². The summed E-state index contributed by atoms with van der Waals surface area (Å²) in [6.07, 6.45) is 1.79. The van der Waals surface area contributed by atoms with Crippen LogP contribution in [0.2, 0.25) is 0 Å². The van der Waals surface area contributed by atoms with Gasteiger partial charge in [0, 0.05) is 25.9 Å². The summed E-state index contributed by atoms with van der Waals surface area (Å²) in [5.41, 5.74) is 2.92. The Morgan fingerprint density at radius 3 is 2.65 bits per heavy atom. The van der Waals surface area contributed by atoms with Gasteiger partial charge in [-0.05, 0) is 17.7 Å². The molecule has 26 heavy (non-hydrogen) atoms. The first kappa shape index (κ1) is 17.1. The van der Waals surface area contributed by atoms with Crippen molar-refractivity contribution in [2.75, 3.05) is 38.3 Å². The highest BCUT2D eigenvalue weighted by molar-refractivity contribution is 7.98. The van der Waals surface area contributed by atoms with Crippen molar-refractivity contribution in [1.29, 1.82) is 0 Å². The van der Waals surface area contributed by atoms with Gasteiger partial charge in [-0.1, -0.05) is 23.9 Å². The van der Waals surface area contributed by atoms with Crippen LogP contribution in [0.1, 0.15) is 5.56 Å². The lowest BCUT2D eigenvalue weighted by Gasteiger charge is -2.28. The van der Waals surface area contributed by atoms with Crippen LogP contribution in [0.4, 0.5) is 5.82 Å². The number of anilines is 1. The second kappa shape index (κ2) is 7.51. The van der Waals surface area contributed by atoms with Crippen LogP contribution in [0.5, 0.6) is 5.75 Å². The molecule has 2 aromatic heterocycles. The van der Waals surface area contributed by atoms with Gasteiger partial charge in [-0.2, -0.15) is 0 Å². The predicted molar refractivity (Wildman–Crippen MR) is 102 cm³/mol. The van der Waals surface area contributed by atoms with E-state index in [9.17, 15) is 0 Å². The summed E-state index contributed by atoms with van der Waals surface area (Å²) in [7, 11) is 3.64. The number of methoxy groups -OCH3 is 1. The van der Waals surface area contributed by atoms with Crippen molar-refractivity contribution in [3.8, 4) is 5.75 Å². The number of nitrogens with zero attached hydrogens (tertiary/aromatic N) is 5. The molecule has 0 radical (unpaired) electrons. The van der Waals surface area contributed by atoms with E-state index in [0.717, 1.165) is 46.7 Å². The van der Waals surface area contributed by atoms with E-state index in [1.54, 1.807) is 25.2 Å². The molecule has 4 rings (SSSR count). The van der Waals surface area contributed by atoms with E-state index < -0.39 is 0 Å². The maximum Gasteiger partial charge on any atom is 0.191 e. The quantitative estimate of drug-likeness (QED) is 0.504. The Morgan fingerprint density at radius 1 is 1.15 bits per heavy atom. The van der Waals surface area contributed by atoms with Gasteiger partial charge < -0.3 is 18.9 Å². The number of thioether (sulfide) groups is 1. The van der Waals surface area contributed by atoms with Crippen molar-refractivity contribution in [3.63, 3.8) is 0 Å². The minimum absolute atomic E-state index is 0.715. The number of hydrogen-bond donors (Lipinski definition) is 0. The molecule has 3 aromatic rings. The SMILES string of the molecule is COc1ccc(CSc2nc(N3CCOCC3)c3ncn(C)c3n2)cc1. The van der Waals surface area contributed by atoms with Gasteiger partial charge >= 0.3 is 0 Å². The smallest absolute Gasteiger partial charge is 0.191 e. The molecule has 0 aliphatic carbocycles. The number of imidazole rings is 1. The molecule has 0 amide bonds. The van der Waals surface area contributed by atoms with E-state index in [2.05, 4.69) is 22.0 Å². The van der Waals surface area contributed by atoms with E-state index in [4.69, 9.17) is 19.4 Å². The molecular formula is C18H21N5O2S. The molecule has 1 fully saturated rings. The Bertz CT molecular complexity index is 890. The Kier molecular flexibility index (Phi) is 4.94. The summed E-state index contributed by atoms with van der Waals surface area (Å²) in [5, 5.41) is 0.762. The largest absolute Gasteiger partial charge is 0.497 e. The van der Waals surface area contributed by atoms with Crippen LogP contribution >= 0.6 is 11.8 Å². The fourth-order valence-electron chi connectivity index (χ4n) is 2.90. The van der Waals surface area contributed by atoms with Gasteiger partial charge in [0.15, 0.2) is 22.1 Å². The molecule has 0 unspecified atom stereocenters. The molecule has 0 bridgehead atoms. The average Bonchev–Trinajstić information content (AvgIpc) is 3.08. The Hall–Kier alpha value is -2.32. The van der Waals surface area contributed by atoms with E-state index in [-0.39, 0.29) is 0 Å². The van der Waals surface area contributed by atoms with Crippen LogP contribution < -0.4 is 9.64 Å². The van der Waals surface area contributed by atoms with Gasteiger partial charge in [0.05, 0.1) is 26.7 Å². The molecule has 8 heteroatoms. The number of rotatable bonds is 5. The number of fused-ring (bicyclic) bond motifs is 1. The zero-order valence-electron chi connectivity index (χ0n) is 14.9. The summed E-state index contributed by atoms with van der Waals surface area (Å²) >= 11 is 1.63. The number of hydrogen-bond acceptors (Lipinski definition) is 7. The van der Waals surface area contributed by atoms with Crippen molar-refractivity contribution in [2.45, 2.75) is 10.9 Å². The molecule has 0 saturated carbocycles. The van der Waals surface area contributed by atoms with Gasteiger partial charge in [0.25, 0.3) is 0 Å². The fourth-order valence-corrected chi connectivity index (χ4v) is 3.69. The molecule has 0 atom stereocenters. The molecule has 1 aliphatic heterocycles. The minimum Gasteiger partial charge on any atom is -0.497 e. The molecule has 0 N–H and O–H groups in total. The van der Waals surface area contributed by atoms with Crippen molar-refractivity contribution >= 4 is 28.7 Å². The van der Waals surface area contributed by atoms with E-state index in [1.165, 1.54) is 5.56 Å². The van der Waals surface area contributed by atoms with Crippen LogP contribution in [0.3, 0.4) is 0 Å². The summed E-state index contributed by atoms with van der Waals surface area (Å²) in [6.45, 7) is 3.08. The normalized spacial score (nSPS) is 14.8. The Labute approximate surface area is 156 Å². The monoisotopic (exact) mass is 371 g/mol. The summed E-state index contributed by atoms with van der Waals surface area (Å²) in [4.78, 5) is 16.3. The molecule has 3 heterocycles. The fraction of sp³-hybridized carbons (Fsp3) is 0.389. The number of aryl methyl sites for hydroxylation is 1. The Morgan fingerprint density at radius 2 is 1.92 bits per heavy atom. The zero-order valence-corrected chi connectivity index (χ0v) is 15.7. The van der Waals surface area contributed by atoms with Gasteiger partial charge in [-0.15, -0.1) is 0 Å². The Balaban J connectivity index is 1.60. The van der Waals surface area contributed by atoms with Crippen molar-refractivity contribution in [3.05, 3.63) is 36.2 Å². The van der Waals surface area contributed by atoms with Gasteiger partial charge in [-0.3, -0.25) is 0 Å². The summed E-state index contributed by atoms with van der Waals surface area (Å²) < 4.78 is 12.6. The number of ether oxygens (including phenoxy) is 2. The number of aromatic nitrogens is 4. The number of morpholine rings is 1. The topological polar surface area (TPSA) is 65.3 Å². The third kappa shape index (κ3) is 3.47. The van der Waals surface area contributed by atoms with Crippen molar-refractivity contribution in [2.24, 2.45) is 7.05 Å². The van der Waals surface area contributed by atoms with Gasteiger partial charge in [0.1, 0.15) is 5.75 Å². The van der Waals surface area contributed by atoms with Crippen LogP contribution in [-0.2, 0) is 17.5 Å². The third-order valence-corrected chi connectivity index (χ3v) is 5.28. The average molecular weight is 371 g/mol. The van der Waals surface area contributed by atoms with Crippen LogP contribution in [0.15, 0.2) is 35.7 Å². The second-order valence-electron chi connectivity index (χ2n) is 6.09. The zero-order chi connectivity index (χ0) is 17.9. The van der Waals surface area contributed by atoms with Gasteiger partial charge in [0.2, 0.25) is 0 Å². The molecule has 1 aliphatic rings. The van der Waals surface area contributed by atoms with Crippen LogP contribution in [0.25, 0.3) is 11.2 Å². The van der Waals surface area contributed by atoms with Crippen molar-refractivity contribution < 1.29 is 9.47 Å². The van der Waals surface area contributed by atoms with Gasteiger partial charge in [-0.25, -0.2) is 15.0 Å². The van der Waals surface area contributed by atoms with E-state index in [1.807, 2.05) is 23.7 Å². The van der Waals surface area contributed by atoms with E-state index in [0.29, 0.717) is 13.2 Å². The molecule has 0 spiro atoms. The maximum atomic E-state index is 5.47. The summed E-state index contributed by atoms with van der Waals surface area (Å²) in [5.74, 6) is 2.56. The minimum atomic E-state index is 0.715. The highest BCUT2D eigenvalue weighted by Gasteiger charge is 2.20. The standard InChI is InChI=1S/C18H21N5O2S/c1-22-12-19-15-16(22)20-18(21-17(15)23-7-9-25-10-8-23)26-11-13-3-5-14(24-2)6-4-13/h3-6,12H,7-11H2,1-2H3. The molecule has 1 aromatic carbocycles. The summed E-state index contributed by atoms with van der Waals surface area (Å²) in [6, 6.07) is 8.08. The lowest BCUT2D eigenvalue weighted by Crippen LogP contribution is -2.37. The molecule has 7 nitrogen and oxygen atoms in total. The van der Waals surface area contributed by atoms with Crippen LogP contribution in [-0.4, -0.2) is 52.9 Å². The highest BCUT2D eigenvalue weighted by Crippen LogP contribution is 2.28. The predicted octanol–water partition coefficient (Wildman–Crippen LogP) is 2.50. The number of benzene rings is 1. The lowest BCUT2D eigenvalue weighted by atomic mass is 10.2. The van der Waals surface area contributed by atoms with Crippen LogP contribution in [0, 0.1) is 0 Å². The highest BCUT2D eigenvalue weighted by atomic mass is 32.2. The molecular weight excluding hydrogens is 350 g/mol. The molecule has 1 saturated heterocycles. The second-order valence-corrected chi connectivity index (χ2v) is 7.04. The first-order chi connectivity index (χ1) is 12.7. The lowest BCUT2D eigenvalue weighted by molar-refractivity contribution is 0.122.